The van der Waals surface area contributed by atoms with Gasteiger partial charge in [-0.1, -0.05) is 54.6 Å². The number of fused-ring (bicyclic) bond motifs is 1. The van der Waals surface area contributed by atoms with Crippen molar-refractivity contribution in [2.24, 2.45) is 0 Å². The van der Waals surface area contributed by atoms with Crippen LogP contribution in [0, 0.1) is 0 Å². The van der Waals surface area contributed by atoms with Gasteiger partial charge in [0.25, 0.3) is 0 Å². The van der Waals surface area contributed by atoms with Crippen molar-refractivity contribution < 1.29 is 9.15 Å². The number of benzene rings is 3. The van der Waals surface area contributed by atoms with Gasteiger partial charge in [0.05, 0.1) is 10.9 Å². The molecule has 0 saturated carbocycles. The fraction of sp³-hybridized carbons (Fsp3) is 0.222. The van der Waals surface area contributed by atoms with E-state index in [0.717, 1.165) is 43.9 Å². The standard InChI is InChI=1S/C27H26N2O3/c30-27-24-11-10-23(16-26(24)32-19-25(27)22-4-2-1-3-5-22)31-18-21-8-6-20(7-9-21)17-29-14-12-28-13-15-29/h1-11,16,19,28H,12-15,17-18H2. The second-order valence-electron chi connectivity index (χ2n) is 8.13. The molecule has 1 saturated heterocycles. The number of rotatable bonds is 6. The molecule has 0 unspecified atom stereocenters. The Morgan fingerprint density at radius 3 is 2.44 bits per heavy atom. The molecule has 5 rings (SSSR count). The predicted octanol–water partition coefficient (Wildman–Crippen LogP) is 4.44. The summed E-state index contributed by atoms with van der Waals surface area (Å²) < 4.78 is 11.7. The normalized spacial score (nSPS) is 14.5. The fourth-order valence-corrected chi connectivity index (χ4v) is 4.05. The van der Waals surface area contributed by atoms with E-state index in [2.05, 4.69) is 34.5 Å². The maximum Gasteiger partial charge on any atom is 0.200 e. The van der Waals surface area contributed by atoms with E-state index >= 15 is 0 Å². The molecule has 1 aliphatic rings. The Bertz CT molecular complexity index is 1240. The summed E-state index contributed by atoms with van der Waals surface area (Å²) >= 11 is 0. The molecule has 3 aromatic carbocycles. The highest BCUT2D eigenvalue weighted by Crippen LogP contribution is 2.23. The number of nitrogens with one attached hydrogen (secondary N) is 1. The summed E-state index contributed by atoms with van der Waals surface area (Å²) in [6, 6.07) is 23.5. The van der Waals surface area contributed by atoms with E-state index in [0.29, 0.717) is 28.9 Å². The Morgan fingerprint density at radius 2 is 1.66 bits per heavy atom. The molecule has 0 amide bonds. The van der Waals surface area contributed by atoms with Gasteiger partial charge >= 0.3 is 0 Å². The predicted molar refractivity (Wildman–Crippen MR) is 127 cm³/mol. The average Bonchev–Trinajstić information content (AvgIpc) is 2.85. The lowest BCUT2D eigenvalue weighted by Crippen LogP contribution is -2.42. The minimum Gasteiger partial charge on any atom is -0.489 e. The SMILES string of the molecule is O=c1c(-c2ccccc2)coc2cc(OCc3ccc(CN4CCNCC4)cc3)ccc12. The summed E-state index contributed by atoms with van der Waals surface area (Å²) in [4.78, 5) is 15.4. The van der Waals surface area contributed by atoms with Crippen LogP contribution >= 0.6 is 0 Å². The molecule has 1 aromatic heterocycles. The highest BCUT2D eigenvalue weighted by molar-refractivity contribution is 5.82. The number of piperazine rings is 1. The van der Waals surface area contributed by atoms with Crippen molar-refractivity contribution in [3.05, 3.63) is 100 Å². The van der Waals surface area contributed by atoms with Crippen molar-refractivity contribution in [3.63, 3.8) is 0 Å². The van der Waals surface area contributed by atoms with E-state index in [1.165, 1.54) is 11.8 Å². The van der Waals surface area contributed by atoms with E-state index in [1.807, 2.05) is 36.4 Å². The summed E-state index contributed by atoms with van der Waals surface area (Å²) in [5.74, 6) is 0.679. The number of ether oxygens (including phenoxy) is 1. The quantitative estimate of drug-likeness (QED) is 0.494. The van der Waals surface area contributed by atoms with Gasteiger partial charge in [-0.25, -0.2) is 0 Å². The highest BCUT2D eigenvalue weighted by Gasteiger charge is 2.11. The first-order valence-electron chi connectivity index (χ1n) is 11.0. The molecule has 0 aliphatic carbocycles. The zero-order valence-electron chi connectivity index (χ0n) is 17.9. The fourth-order valence-electron chi connectivity index (χ4n) is 4.05. The average molecular weight is 427 g/mol. The van der Waals surface area contributed by atoms with Crippen LogP contribution in [-0.4, -0.2) is 31.1 Å². The van der Waals surface area contributed by atoms with Crippen molar-refractivity contribution in [1.29, 1.82) is 0 Å². The zero-order chi connectivity index (χ0) is 21.8. The Kier molecular flexibility index (Phi) is 6.01. The molecular weight excluding hydrogens is 400 g/mol. The second kappa shape index (κ2) is 9.39. The summed E-state index contributed by atoms with van der Waals surface area (Å²) in [7, 11) is 0. The number of nitrogens with zero attached hydrogens (tertiary/aromatic N) is 1. The van der Waals surface area contributed by atoms with Crippen LogP contribution in [0.2, 0.25) is 0 Å². The van der Waals surface area contributed by atoms with Crippen LogP contribution in [-0.2, 0) is 13.2 Å². The Balaban J connectivity index is 1.26. The van der Waals surface area contributed by atoms with E-state index in [9.17, 15) is 4.79 Å². The van der Waals surface area contributed by atoms with Crippen molar-refractivity contribution in [2.75, 3.05) is 26.2 Å². The number of hydrogen-bond donors (Lipinski definition) is 1. The topological polar surface area (TPSA) is 54.7 Å². The maximum atomic E-state index is 12.9. The Morgan fingerprint density at radius 1 is 0.906 bits per heavy atom. The van der Waals surface area contributed by atoms with Gasteiger partial charge in [0.15, 0.2) is 5.43 Å². The van der Waals surface area contributed by atoms with Gasteiger partial charge in [-0.3, -0.25) is 9.69 Å². The molecule has 1 N–H and O–H groups in total. The Hall–Kier alpha value is -3.41. The van der Waals surface area contributed by atoms with Gasteiger partial charge in [0, 0.05) is 38.8 Å². The molecule has 1 aliphatic heterocycles. The third-order valence-electron chi connectivity index (χ3n) is 5.88. The summed E-state index contributed by atoms with van der Waals surface area (Å²) in [5, 5.41) is 3.94. The third kappa shape index (κ3) is 4.59. The zero-order valence-corrected chi connectivity index (χ0v) is 17.9. The van der Waals surface area contributed by atoms with Gasteiger partial charge in [-0.15, -0.1) is 0 Å². The van der Waals surface area contributed by atoms with Gasteiger partial charge in [-0.05, 0) is 28.8 Å². The molecule has 0 bridgehead atoms. The van der Waals surface area contributed by atoms with Crippen LogP contribution in [0.1, 0.15) is 11.1 Å². The minimum absolute atomic E-state index is 0.0379. The minimum atomic E-state index is -0.0379. The van der Waals surface area contributed by atoms with Crippen molar-refractivity contribution in [3.8, 4) is 16.9 Å². The molecule has 5 heteroatoms. The monoisotopic (exact) mass is 426 g/mol. The van der Waals surface area contributed by atoms with E-state index < -0.39 is 0 Å². The first kappa shape index (κ1) is 20.5. The van der Waals surface area contributed by atoms with E-state index in [-0.39, 0.29) is 5.43 Å². The molecule has 162 valence electrons. The van der Waals surface area contributed by atoms with E-state index in [4.69, 9.17) is 9.15 Å². The summed E-state index contributed by atoms with van der Waals surface area (Å²) in [6.07, 6.45) is 1.53. The van der Waals surface area contributed by atoms with Crippen LogP contribution in [0.5, 0.6) is 5.75 Å². The smallest absolute Gasteiger partial charge is 0.200 e. The van der Waals surface area contributed by atoms with Crippen LogP contribution in [0.4, 0.5) is 0 Å². The first-order valence-corrected chi connectivity index (χ1v) is 11.0. The lowest BCUT2D eigenvalue weighted by Gasteiger charge is -2.27. The molecular formula is C27H26N2O3. The summed E-state index contributed by atoms with van der Waals surface area (Å²) in [6.45, 7) is 5.76. The Labute approximate surface area is 187 Å². The maximum absolute atomic E-state index is 12.9. The number of hydrogen-bond acceptors (Lipinski definition) is 5. The van der Waals surface area contributed by atoms with Crippen molar-refractivity contribution in [1.82, 2.24) is 10.2 Å². The first-order chi connectivity index (χ1) is 15.8. The molecule has 0 spiro atoms. The summed E-state index contributed by atoms with van der Waals surface area (Å²) in [5.41, 5.74) is 4.33. The van der Waals surface area contributed by atoms with E-state index in [1.54, 1.807) is 12.1 Å². The van der Waals surface area contributed by atoms with Gasteiger partial charge < -0.3 is 14.5 Å². The molecule has 5 nitrogen and oxygen atoms in total. The largest absolute Gasteiger partial charge is 0.489 e. The lowest BCUT2D eigenvalue weighted by atomic mass is 10.1. The third-order valence-corrected chi connectivity index (χ3v) is 5.88. The van der Waals surface area contributed by atoms with Crippen LogP contribution in [0.3, 0.4) is 0 Å². The molecule has 32 heavy (non-hydrogen) atoms. The molecule has 2 heterocycles. The van der Waals surface area contributed by atoms with Crippen LogP contribution < -0.4 is 15.5 Å². The molecule has 4 aromatic rings. The molecule has 1 fully saturated rings. The second-order valence-corrected chi connectivity index (χ2v) is 8.13. The van der Waals surface area contributed by atoms with Crippen molar-refractivity contribution in [2.45, 2.75) is 13.2 Å². The van der Waals surface area contributed by atoms with Crippen LogP contribution in [0.25, 0.3) is 22.1 Å². The van der Waals surface area contributed by atoms with Gasteiger partial charge in [0.1, 0.15) is 24.2 Å². The van der Waals surface area contributed by atoms with Gasteiger partial charge in [0.2, 0.25) is 0 Å². The van der Waals surface area contributed by atoms with Crippen LogP contribution in [0.15, 0.2) is 88.3 Å². The lowest BCUT2D eigenvalue weighted by molar-refractivity contribution is 0.233. The van der Waals surface area contributed by atoms with Gasteiger partial charge in [-0.2, -0.15) is 0 Å². The molecule has 0 radical (unpaired) electrons. The van der Waals surface area contributed by atoms with Crippen molar-refractivity contribution >= 4 is 11.0 Å². The highest BCUT2D eigenvalue weighted by atomic mass is 16.5. The molecule has 0 atom stereocenters.